The van der Waals surface area contributed by atoms with Crippen molar-refractivity contribution in [2.24, 2.45) is 5.73 Å². The summed E-state index contributed by atoms with van der Waals surface area (Å²) >= 11 is 3.45. The molecule has 2 aromatic rings. The molecule has 1 aromatic carbocycles. The van der Waals surface area contributed by atoms with E-state index in [1.807, 2.05) is 24.3 Å². The van der Waals surface area contributed by atoms with Gasteiger partial charge in [0.05, 0.1) is 11.6 Å². The van der Waals surface area contributed by atoms with Crippen molar-refractivity contribution in [2.45, 2.75) is 6.10 Å². The fraction of sp³-hybridized carbons (Fsp3) is 0.182. The highest BCUT2D eigenvalue weighted by Gasteiger charge is 2.11. The summed E-state index contributed by atoms with van der Waals surface area (Å²) in [5.41, 5.74) is 7.01. The van der Waals surface area contributed by atoms with Crippen LogP contribution in [-0.4, -0.2) is 16.6 Å². The van der Waals surface area contributed by atoms with Crippen LogP contribution < -0.4 is 5.73 Å². The van der Waals surface area contributed by atoms with Crippen LogP contribution >= 0.6 is 15.9 Å². The Hall–Kier alpha value is -0.970. The maximum absolute atomic E-state index is 9.74. The molecule has 0 aliphatic rings. The number of benzene rings is 1. The van der Waals surface area contributed by atoms with Gasteiger partial charge in [0.1, 0.15) is 0 Å². The Morgan fingerprint density at radius 2 is 2.20 bits per heavy atom. The Morgan fingerprint density at radius 1 is 1.40 bits per heavy atom. The van der Waals surface area contributed by atoms with Gasteiger partial charge in [-0.1, -0.05) is 28.1 Å². The number of halogens is 1. The number of nitrogens with zero attached hydrogens (tertiary/aromatic N) is 1. The Bertz CT molecular complexity index is 487. The summed E-state index contributed by atoms with van der Waals surface area (Å²) in [6.07, 6.45) is 1.05. The normalized spacial score (nSPS) is 13.0. The van der Waals surface area contributed by atoms with Gasteiger partial charge in [0.25, 0.3) is 0 Å². The van der Waals surface area contributed by atoms with Crippen molar-refractivity contribution in [3.8, 4) is 0 Å². The van der Waals surface area contributed by atoms with Gasteiger partial charge in [-0.25, -0.2) is 0 Å². The van der Waals surface area contributed by atoms with Crippen molar-refractivity contribution in [1.29, 1.82) is 0 Å². The molecule has 0 amide bonds. The molecule has 78 valence electrons. The van der Waals surface area contributed by atoms with Crippen LogP contribution in [0.15, 0.2) is 34.9 Å². The van der Waals surface area contributed by atoms with Crippen molar-refractivity contribution in [2.75, 3.05) is 6.54 Å². The van der Waals surface area contributed by atoms with Crippen LogP contribution in [-0.2, 0) is 0 Å². The third-order valence-electron chi connectivity index (χ3n) is 2.33. The third-order valence-corrected chi connectivity index (χ3v) is 3.02. The number of aliphatic hydroxyl groups excluding tert-OH is 1. The van der Waals surface area contributed by atoms with Crippen LogP contribution in [0, 0.1) is 0 Å². The summed E-state index contributed by atoms with van der Waals surface area (Å²) < 4.78 is 0.971. The quantitative estimate of drug-likeness (QED) is 0.874. The van der Waals surface area contributed by atoms with Crippen LogP contribution in [0.3, 0.4) is 0 Å². The van der Waals surface area contributed by atoms with E-state index < -0.39 is 6.10 Å². The predicted octanol–water partition coefficient (Wildman–Crippen LogP) is 1.99. The van der Waals surface area contributed by atoms with E-state index in [0.29, 0.717) is 0 Å². The van der Waals surface area contributed by atoms with Crippen LogP contribution in [0.2, 0.25) is 0 Å². The summed E-state index contributed by atoms with van der Waals surface area (Å²) in [4.78, 5) is 4.27. The highest BCUT2D eigenvalue weighted by molar-refractivity contribution is 9.10. The Balaban J connectivity index is 2.71. The summed E-state index contributed by atoms with van der Waals surface area (Å²) in [6.45, 7) is 0.202. The lowest BCUT2D eigenvalue weighted by atomic mass is 10.1. The number of aromatic nitrogens is 1. The van der Waals surface area contributed by atoms with E-state index in [1.165, 1.54) is 0 Å². The molecule has 0 aliphatic heterocycles. The number of pyridine rings is 1. The first kappa shape index (κ1) is 10.5. The summed E-state index contributed by atoms with van der Waals surface area (Å²) in [7, 11) is 0. The molecule has 4 heteroatoms. The van der Waals surface area contributed by atoms with Gasteiger partial charge in [0, 0.05) is 28.2 Å². The molecule has 0 saturated heterocycles. The third kappa shape index (κ3) is 1.88. The largest absolute Gasteiger partial charge is 0.387 e. The van der Waals surface area contributed by atoms with Gasteiger partial charge in [0.15, 0.2) is 0 Å². The van der Waals surface area contributed by atoms with Crippen molar-refractivity contribution in [3.63, 3.8) is 0 Å². The SMILES string of the molecule is NCC(O)c1ccc(Br)c2cccnc12. The minimum atomic E-state index is -0.657. The average molecular weight is 267 g/mol. The highest BCUT2D eigenvalue weighted by atomic mass is 79.9. The van der Waals surface area contributed by atoms with E-state index in [-0.39, 0.29) is 6.54 Å². The topological polar surface area (TPSA) is 59.1 Å². The molecule has 1 atom stereocenters. The molecule has 3 nitrogen and oxygen atoms in total. The van der Waals surface area contributed by atoms with Crippen LogP contribution in [0.4, 0.5) is 0 Å². The first-order valence-electron chi connectivity index (χ1n) is 4.65. The van der Waals surface area contributed by atoms with Crippen LogP contribution in [0.1, 0.15) is 11.7 Å². The molecule has 0 aliphatic carbocycles. The monoisotopic (exact) mass is 266 g/mol. The molecule has 0 spiro atoms. The van der Waals surface area contributed by atoms with Gasteiger partial charge in [0.2, 0.25) is 0 Å². The molecule has 3 N–H and O–H groups in total. The molecule has 2 rings (SSSR count). The average Bonchev–Trinajstić information content (AvgIpc) is 2.29. The number of hydrogen-bond donors (Lipinski definition) is 2. The number of fused-ring (bicyclic) bond motifs is 1. The van der Waals surface area contributed by atoms with Gasteiger partial charge in [-0.05, 0) is 12.1 Å². The Kier molecular flexibility index (Phi) is 3.00. The first-order chi connectivity index (χ1) is 7.24. The van der Waals surface area contributed by atoms with Gasteiger partial charge < -0.3 is 10.8 Å². The lowest BCUT2D eigenvalue weighted by molar-refractivity contribution is 0.188. The maximum Gasteiger partial charge on any atom is 0.0933 e. The zero-order chi connectivity index (χ0) is 10.8. The highest BCUT2D eigenvalue weighted by Crippen LogP contribution is 2.28. The zero-order valence-corrected chi connectivity index (χ0v) is 9.61. The molecule has 0 fully saturated rings. The minimum Gasteiger partial charge on any atom is -0.387 e. The van der Waals surface area contributed by atoms with Crippen LogP contribution in [0.25, 0.3) is 10.9 Å². The number of nitrogens with two attached hydrogens (primary N) is 1. The molecule has 15 heavy (non-hydrogen) atoms. The molecule has 1 aromatic heterocycles. The van der Waals surface area contributed by atoms with Crippen molar-refractivity contribution < 1.29 is 5.11 Å². The lowest BCUT2D eigenvalue weighted by Crippen LogP contribution is -2.12. The molecular formula is C11H11BrN2O. The predicted molar refractivity (Wildman–Crippen MR) is 63.5 cm³/mol. The molecule has 1 heterocycles. The number of rotatable bonds is 2. The fourth-order valence-corrected chi connectivity index (χ4v) is 2.01. The van der Waals surface area contributed by atoms with Gasteiger partial charge in [-0.3, -0.25) is 4.98 Å². The van der Waals surface area contributed by atoms with E-state index in [4.69, 9.17) is 5.73 Å². The van der Waals surface area contributed by atoms with Crippen molar-refractivity contribution in [3.05, 3.63) is 40.5 Å². The van der Waals surface area contributed by atoms with Crippen molar-refractivity contribution in [1.82, 2.24) is 4.98 Å². The minimum absolute atomic E-state index is 0.202. The van der Waals surface area contributed by atoms with E-state index in [0.717, 1.165) is 20.9 Å². The van der Waals surface area contributed by atoms with E-state index >= 15 is 0 Å². The standard InChI is InChI=1S/C11H11BrN2O/c12-9-4-3-8(10(15)6-13)11-7(9)2-1-5-14-11/h1-5,10,15H,6,13H2. The van der Waals surface area contributed by atoms with Crippen LogP contribution in [0.5, 0.6) is 0 Å². The molecule has 0 radical (unpaired) electrons. The maximum atomic E-state index is 9.74. The fourth-order valence-electron chi connectivity index (χ4n) is 1.56. The molecular weight excluding hydrogens is 256 g/mol. The number of hydrogen-bond acceptors (Lipinski definition) is 3. The smallest absolute Gasteiger partial charge is 0.0933 e. The Labute approximate surface area is 96.1 Å². The molecule has 0 saturated carbocycles. The molecule has 0 bridgehead atoms. The second kappa shape index (κ2) is 4.26. The molecule has 1 unspecified atom stereocenters. The summed E-state index contributed by atoms with van der Waals surface area (Å²) in [6, 6.07) is 7.57. The van der Waals surface area contributed by atoms with E-state index in [2.05, 4.69) is 20.9 Å². The van der Waals surface area contributed by atoms with E-state index in [1.54, 1.807) is 6.20 Å². The lowest BCUT2D eigenvalue weighted by Gasteiger charge is -2.11. The van der Waals surface area contributed by atoms with Crippen molar-refractivity contribution >= 4 is 26.8 Å². The first-order valence-corrected chi connectivity index (χ1v) is 5.44. The van der Waals surface area contributed by atoms with Gasteiger partial charge >= 0.3 is 0 Å². The summed E-state index contributed by atoms with van der Waals surface area (Å²) in [5, 5.41) is 10.7. The van der Waals surface area contributed by atoms with Gasteiger partial charge in [-0.2, -0.15) is 0 Å². The van der Waals surface area contributed by atoms with Gasteiger partial charge in [-0.15, -0.1) is 0 Å². The number of aliphatic hydroxyl groups is 1. The second-order valence-corrected chi connectivity index (χ2v) is 4.14. The zero-order valence-electron chi connectivity index (χ0n) is 8.02. The second-order valence-electron chi connectivity index (χ2n) is 3.29. The Morgan fingerprint density at radius 3 is 2.93 bits per heavy atom. The van der Waals surface area contributed by atoms with E-state index in [9.17, 15) is 5.11 Å². The summed E-state index contributed by atoms with van der Waals surface area (Å²) in [5.74, 6) is 0.